The number of aryl methyl sites for hydroxylation is 1. The lowest BCUT2D eigenvalue weighted by Crippen LogP contribution is -2.18. The zero-order valence-corrected chi connectivity index (χ0v) is 8.93. The highest BCUT2D eigenvalue weighted by molar-refractivity contribution is 8.14. The maximum Gasteiger partial charge on any atom is 0.213 e. The minimum absolute atomic E-state index is 0.631. The number of nitrogens with zero attached hydrogens (tertiary/aromatic N) is 2. The fourth-order valence-corrected chi connectivity index (χ4v) is 1.92. The van der Waals surface area contributed by atoms with Crippen molar-refractivity contribution in [3.63, 3.8) is 0 Å². The van der Waals surface area contributed by atoms with Crippen LogP contribution in [0.1, 0.15) is 18.6 Å². The predicted molar refractivity (Wildman–Crippen MR) is 57.5 cm³/mol. The van der Waals surface area contributed by atoms with Crippen molar-refractivity contribution in [3.8, 4) is 0 Å². The second kappa shape index (κ2) is 4.50. The molecule has 0 bridgehead atoms. The van der Waals surface area contributed by atoms with Gasteiger partial charge in [-0.2, -0.15) is 0 Å². The molecule has 0 spiro atoms. The van der Waals surface area contributed by atoms with Crippen molar-refractivity contribution in [3.05, 3.63) is 17.8 Å². The highest BCUT2D eigenvalue weighted by atomic mass is 32.2. The molecule has 5 heteroatoms. The molecule has 0 aromatic carbocycles. The van der Waals surface area contributed by atoms with Crippen LogP contribution in [-0.2, 0) is 13.0 Å². The average Bonchev–Trinajstić information content (AvgIpc) is 2.86. The van der Waals surface area contributed by atoms with Gasteiger partial charge >= 0.3 is 0 Å². The number of thioether (sulfide) groups is 1. The molecule has 1 aromatic heterocycles. The first-order valence-electron chi connectivity index (χ1n) is 4.73. The highest BCUT2D eigenvalue weighted by Crippen LogP contribution is 2.10. The van der Waals surface area contributed by atoms with Gasteiger partial charge in [0.15, 0.2) is 5.17 Å². The quantitative estimate of drug-likeness (QED) is 0.821. The molecule has 1 aliphatic heterocycles. The Hall–Kier alpha value is -0.970. The summed E-state index contributed by atoms with van der Waals surface area (Å²) in [5, 5.41) is 4.19. The van der Waals surface area contributed by atoms with E-state index in [1.807, 2.05) is 0 Å². The maximum atomic E-state index is 5.45. The third kappa shape index (κ3) is 2.29. The van der Waals surface area contributed by atoms with Gasteiger partial charge in [-0.15, -0.1) is 0 Å². The molecule has 2 heterocycles. The number of nitrogens with one attached hydrogen (secondary N) is 1. The van der Waals surface area contributed by atoms with Crippen molar-refractivity contribution in [2.45, 2.75) is 19.9 Å². The molecule has 1 N–H and O–H groups in total. The largest absolute Gasteiger partial charge is 0.444 e. The van der Waals surface area contributed by atoms with E-state index in [0.717, 1.165) is 35.5 Å². The molecule has 0 radical (unpaired) electrons. The number of amidine groups is 1. The molecule has 0 amide bonds. The smallest absolute Gasteiger partial charge is 0.213 e. The second-order valence-corrected chi connectivity index (χ2v) is 4.05. The van der Waals surface area contributed by atoms with Crippen molar-refractivity contribution >= 4 is 16.9 Å². The van der Waals surface area contributed by atoms with Crippen molar-refractivity contribution in [2.24, 2.45) is 4.99 Å². The molecule has 14 heavy (non-hydrogen) atoms. The van der Waals surface area contributed by atoms with Gasteiger partial charge in [0.1, 0.15) is 5.76 Å². The number of aromatic nitrogens is 1. The van der Waals surface area contributed by atoms with Crippen LogP contribution in [0.3, 0.4) is 0 Å². The molecule has 0 atom stereocenters. The van der Waals surface area contributed by atoms with Crippen molar-refractivity contribution in [2.75, 3.05) is 12.3 Å². The highest BCUT2D eigenvalue weighted by Gasteiger charge is 2.08. The van der Waals surface area contributed by atoms with Crippen LogP contribution in [0.2, 0.25) is 0 Å². The first-order chi connectivity index (χ1) is 6.88. The Kier molecular flexibility index (Phi) is 3.08. The zero-order valence-electron chi connectivity index (χ0n) is 8.12. The number of hydrogen-bond donors (Lipinski definition) is 1. The Balaban J connectivity index is 1.85. The van der Waals surface area contributed by atoms with E-state index in [2.05, 4.69) is 22.2 Å². The monoisotopic (exact) mass is 211 g/mol. The summed E-state index contributed by atoms with van der Waals surface area (Å²) in [5.41, 5.74) is 0. The predicted octanol–water partition coefficient (Wildman–Crippen LogP) is 1.43. The molecule has 0 unspecified atom stereocenters. The van der Waals surface area contributed by atoms with Gasteiger partial charge in [0.25, 0.3) is 0 Å². The van der Waals surface area contributed by atoms with Gasteiger partial charge in [-0.1, -0.05) is 18.7 Å². The van der Waals surface area contributed by atoms with E-state index in [1.54, 1.807) is 18.0 Å². The van der Waals surface area contributed by atoms with Crippen LogP contribution in [0.15, 0.2) is 15.6 Å². The fourth-order valence-electron chi connectivity index (χ4n) is 1.19. The number of hydrogen-bond acceptors (Lipinski definition) is 5. The molecule has 1 aromatic rings. The average molecular weight is 211 g/mol. The molecular weight excluding hydrogens is 198 g/mol. The van der Waals surface area contributed by atoms with E-state index in [9.17, 15) is 0 Å². The van der Waals surface area contributed by atoms with Crippen molar-refractivity contribution in [1.29, 1.82) is 0 Å². The number of rotatable bonds is 3. The summed E-state index contributed by atoms with van der Waals surface area (Å²) in [4.78, 5) is 8.43. The normalized spacial score (nSPS) is 15.6. The lowest BCUT2D eigenvalue weighted by Gasteiger charge is -2.00. The van der Waals surface area contributed by atoms with Crippen LogP contribution in [0.4, 0.5) is 0 Å². The lowest BCUT2D eigenvalue weighted by atomic mass is 10.4. The third-order valence-corrected chi connectivity index (χ3v) is 2.86. The van der Waals surface area contributed by atoms with Gasteiger partial charge in [0.05, 0.1) is 19.3 Å². The van der Waals surface area contributed by atoms with Crippen LogP contribution in [0, 0.1) is 0 Å². The van der Waals surface area contributed by atoms with Gasteiger partial charge in [-0.05, 0) is 0 Å². The van der Waals surface area contributed by atoms with Gasteiger partial charge in [-0.25, -0.2) is 4.98 Å². The molecule has 2 rings (SSSR count). The minimum atomic E-state index is 0.631. The Labute approximate surface area is 87.2 Å². The summed E-state index contributed by atoms with van der Waals surface area (Å²) in [6, 6.07) is 0. The fraction of sp³-hybridized carbons (Fsp3) is 0.556. The van der Waals surface area contributed by atoms with Gasteiger partial charge in [0, 0.05) is 12.2 Å². The van der Waals surface area contributed by atoms with Gasteiger partial charge < -0.3 is 9.73 Å². The number of aliphatic imine (C=N–C) groups is 1. The Bertz CT molecular complexity index is 335. The second-order valence-electron chi connectivity index (χ2n) is 2.96. The number of oxazole rings is 1. The van der Waals surface area contributed by atoms with E-state index in [0.29, 0.717) is 6.54 Å². The SMILES string of the molecule is CCc1cnc(CNC2=NCCS2)o1. The molecular formula is C9H13N3OS. The van der Waals surface area contributed by atoms with Crippen LogP contribution >= 0.6 is 11.8 Å². The van der Waals surface area contributed by atoms with Crippen molar-refractivity contribution in [1.82, 2.24) is 10.3 Å². The van der Waals surface area contributed by atoms with Gasteiger partial charge in [0.2, 0.25) is 5.89 Å². The van der Waals surface area contributed by atoms with E-state index < -0.39 is 0 Å². The van der Waals surface area contributed by atoms with Crippen LogP contribution < -0.4 is 5.32 Å². The van der Waals surface area contributed by atoms with E-state index in [4.69, 9.17) is 4.42 Å². The zero-order chi connectivity index (χ0) is 9.80. The Morgan fingerprint density at radius 1 is 1.64 bits per heavy atom. The molecule has 1 aliphatic rings. The summed E-state index contributed by atoms with van der Waals surface area (Å²) in [6.45, 7) is 3.60. The molecule has 4 nitrogen and oxygen atoms in total. The molecule has 0 aliphatic carbocycles. The van der Waals surface area contributed by atoms with E-state index in [1.165, 1.54) is 0 Å². The summed E-state index contributed by atoms with van der Waals surface area (Å²) in [5.74, 6) is 2.74. The molecule has 0 saturated heterocycles. The summed E-state index contributed by atoms with van der Waals surface area (Å²) < 4.78 is 5.45. The molecule has 0 saturated carbocycles. The van der Waals surface area contributed by atoms with Crippen LogP contribution in [0.25, 0.3) is 0 Å². The maximum absolute atomic E-state index is 5.45. The third-order valence-electron chi connectivity index (χ3n) is 1.93. The van der Waals surface area contributed by atoms with Crippen LogP contribution in [0.5, 0.6) is 0 Å². The van der Waals surface area contributed by atoms with E-state index in [-0.39, 0.29) is 0 Å². The summed E-state index contributed by atoms with van der Waals surface area (Å²) in [7, 11) is 0. The summed E-state index contributed by atoms with van der Waals surface area (Å²) in [6.07, 6.45) is 2.67. The first-order valence-corrected chi connectivity index (χ1v) is 5.71. The Morgan fingerprint density at radius 2 is 2.57 bits per heavy atom. The first kappa shape index (κ1) is 9.58. The van der Waals surface area contributed by atoms with Gasteiger partial charge in [-0.3, -0.25) is 4.99 Å². The minimum Gasteiger partial charge on any atom is -0.444 e. The summed E-state index contributed by atoms with van der Waals surface area (Å²) >= 11 is 1.74. The molecule has 76 valence electrons. The standard InChI is InChI=1S/C9H13N3OS/c1-2-7-5-11-8(13-7)6-12-9-10-3-4-14-9/h5H,2-4,6H2,1H3,(H,10,12). The topological polar surface area (TPSA) is 50.4 Å². The molecule has 0 fully saturated rings. The van der Waals surface area contributed by atoms with Crippen molar-refractivity contribution < 1.29 is 4.42 Å². The lowest BCUT2D eigenvalue weighted by molar-refractivity contribution is 0.454. The van der Waals surface area contributed by atoms with Crippen LogP contribution in [-0.4, -0.2) is 22.4 Å². The Morgan fingerprint density at radius 3 is 3.21 bits per heavy atom. The van der Waals surface area contributed by atoms with E-state index >= 15 is 0 Å².